The van der Waals surface area contributed by atoms with Crippen LogP contribution in [0.4, 0.5) is 17.1 Å². The molecule has 3 rings (SSSR count). The van der Waals surface area contributed by atoms with Gasteiger partial charge in [-0.2, -0.15) is 0 Å². The molecule has 0 aromatic heterocycles. The van der Waals surface area contributed by atoms with Gasteiger partial charge in [0.25, 0.3) is 0 Å². The van der Waals surface area contributed by atoms with Crippen molar-refractivity contribution in [2.75, 3.05) is 5.32 Å². The van der Waals surface area contributed by atoms with Gasteiger partial charge >= 0.3 is 0 Å². The van der Waals surface area contributed by atoms with E-state index in [2.05, 4.69) is 10.3 Å². The summed E-state index contributed by atoms with van der Waals surface area (Å²) >= 11 is 5.98. The van der Waals surface area contributed by atoms with Crippen LogP contribution in [0.15, 0.2) is 41.4 Å². The molecule has 18 heavy (non-hydrogen) atoms. The molecule has 0 radical (unpaired) electrons. The van der Waals surface area contributed by atoms with Gasteiger partial charge in [-0.3, -0.25) is 0 Å². The number of hydrogen-bond donors (Lipinski definition) is 2. The SMILES string of the molecule is Cc1ccc2c(c1)C(N)=Nc1cc(Cl)ccc1N2. The number of amidine groups is 1. The average Bonchev–Trinajstić information content (AvgIpc) is 2.46. The third kappa shape index (κ3) is 1.83. The van der Waals surface area contributed by atoms with E-state index >= 15 is 0 Å². The van der Waals surface area contributed by atoms with E-state index in [0.717, 1.165) is 28.2 Å². The Kier molecular flexibility index (Phi) is 2.49. The molecule has 1 heterocycles. The summed E-state index contributed by atoms with van der Waals surface area (Å²) in [4.78, 5) is 4.43. The molecular weight excluding hydrogens is 246 g/mol. The number of nitrogens with one attached hydrogen (secondary N) is 1. The number of anilines is 2. The quantitative estimate of drug-likeness (QED) is 0.755. The Labute approximate surface area is 110 Å². The lowest BCUT2D eigenvalue weighted by Crippen LogP contribution is -2.13. The molecule has 0 aliphatic carbocycles. The van der Waals surface area contributed by atoms with Gasteiger partial charge in [0.1, 0.15) is 5.84 Å². The Bertz CT molecular complexity index is 662. The van der Waals surface area contributed by atoms with Crippen LogP contribution in [0.3, 0.4) is 0 Å². The van der Waals surface area contributed by atoms with Gasteiger partial charge in [0.2, 0.25) is 0 Å². The van der Waals surface area contributed by atoms with Crippen LogP contribution >= 0.6 is 11.6 Å². The van der Waals surface area contributed by atoms with Crippen molar-refractivity contribution in [3.05, 3.63) is 52.5 Å². The Morgan fingerprint density at radius 1 is 1.11 bits per heavy atom. The normalized spacial score (nSPS) is 12.9. The standard InChI is InChI=1S/C14H12ClN3/c1-8-2-4-11-10(6-8)14(16)18-13-7-9(15)3-5-12(13)17-11/h2-7,17H,1H3,(H2,16,18). The van der Waals surface area contributed by atoms with Crippen molar-refractivity contribution < 1.29 is 0 Å². The van der Waals surface area contributed by atoms with Gasteiger partial charge in [-0.1, -0.05) is 23.2 Å². The van der Waals surface area contributed by atoms with E-state index in [9.17, 15) is 0 Å². The molecule has 0 atom stereocenters. The number of nitrogens with two attached hydrogens (primary N) is 1. The van der Waals surface area contributed by atoms with E-state index in [1.807, 2.05) is 37.3 Å². The fraction of sp³-hybridized carbons (Fsp3) is 0.0714. The van der Waals surface area contributed by atoms with Gasteiger partial charge in [-0.05, 0) is 37.3 Å². The zero-order valence-corrected chi connectivity index (χ0v) is 10.6. The van der Waals surface area contributed by atoms with E-state index in [0.29, 0.717) is 10.9 Å². The van der Waals surface area contributed by atoms with Gasteiger partial charge in [0, 0.05) is 16.3 Å². The van der Waals surface area contributed by atoms with E-state index < -0.39 is 0 Å². The van der Waals surface area contributed by atoms with Gasteiger partial charge in [0.05, 0.1) is 11.4 Å². The summed E-state index contributed by atoms with van der Waals surface area (Å²) in [5.74, 6) is 0.502. The molecule has 0 spiro atoms. The van der Waals surface area contributed by atoms with Crippen LogP contribution in [0, 0.1) is 6.92 Å². The van der Waals surface area contributed by atoms with Crippen LogP contribution in [-0.2, 0) is 0 Å². The molecule has 3 N–H and O–H groups in total. The second-order valence-corrected chi connectivity index (χ2v) is 4.77. The van der Waals surface area contributed by atoms with Crippen LogP contribution in [0.5, 0.6) is 0 Å². The highest BCUT2D eigenvalue weighted by molar-refractivity contribution is 6.31. The summed E-state index contributed by atoms with van der Waals surface area (Å²) in [6, 6.07) is 11.6. The molecule has 1 aliphatic rings. The highest BCUT2D eigenvalue weighted by Gasteiger charge is 2.14. The van der Waals surface area contributed by atoms with Crippen molar-refractivity contribution in [2.45, 2.75) is 6.92 Å². The number of halogens is 1. The molecular formula is C14H12ClN3. The first-order chi connectivity index (χ1) is 8.63. The summed E-state index contributed by atoms with van der Waals surface area (Å²) < 4.78 is 0. The van der Waals surface area contributed by atoms with Gasteiger partial charge in [-0.25, -0.2) is 4.99 Å². The van der Waals surface area contributed by atoms with Crippen LogP contribution in [0.2, 0.25) is 5.02 Å². The maximum atomic E-state index is 6.05. The lowest BCUT2D eigenvalue weighted by atomic mass is 10.1. The van der Waals surface area contributed by atoms with Crippen molar-refractivity contribution in [3.63, 3.8) is 0 Å². The number of aryl methyl sites for hydroxylation is 1. The first kappa shape index (κ1) is 11.1. The van der Waals surface area contributed by atoms with Gasteiger partial charge in [-0.15, -0.1) is 0 Å². The molecule has 90 valence electrons. The lowest BCUT2D eigenvalue weighted by Gasteiger charge is -2.09. The Morgan fingerprint density at radius 2 is 1.89 bits per heavy atom. The third-order valence-corrected chi connectivity index (χ3v) is 3.16. The maximum Gasteiger partial charge on any atom is 0.133 e. The van der Waals surface area contributed by atoms with Crippen LogP contribution in [0.25, 0.3) is 0 Å². The average molecular weight is 258 g/mol. The smallest absolute Gasteiger partial charge is 0.133 e. The molecule has 1 aliphatic heterocycles. The molecule has 0 fully saturated rings. The maximum absolute atomic E-state index is 6.05. The Hall–Kier alpha value is -2.00. The van der Waals surface area contributed by atoms with Crippen molar-refractivity contribution >= 4 is 34.5 Å². The molecule has 2 aromatic carbocycles. The summed E-state index contributed by atoms with van der Waals surface area (Å²) in [6.07, 6.45) is 0. The van der Waals surface area contributed by atoms with Crippen LogP contribution in [-0.4, -0.2) is 5.84 Å². The number of benzene rings is 2. The highest BCUT2D eigenvalue weighted by Crippen LogP contribution is 2.35. The number of nitrogens with zero attached hydrogens (tertiary/aromatic N) is 1. The minimum Gasteiger partial charge on any atom is -0.383 e. The summed E-state index contributed by atoms with van der Waals surface area (Å²) in [7, 11) is 0. The largest absolute Gasteiger partial charge is 0.383 e. The first-order valence-electron chi connectivity index (χ1n) is 5.65. The van der Waals surface area contributed by atoms with E-state index in [4.69, 9.17) is 17.3 Å². The van der Waals surface area contributed by atoms with Gasteiger partial charge < -0.3 is 11.1 Å². The summed E-state index contributed by atoms with van der Waals surface area (Å²) in [5.41, 5.74) is 10.7. The minimum atomic E-state index is 0.502. The number of fused-ring (bicyclic) bond motifs is 2. The second-order valence-electron chi connectivity index (χ2n) is 4.33. The van der Waals surface area contributed by atoms with Crippen molar-refractivity contribution in [3.8, 4) is 0 Å². The van der Waals surface area contributed by atoms with Crippen molar-refractivity contribution in [1.82, 2.24) is 0 Å². The molecule has 0 saturated heterocycles. The molecule has 3 nitrogen and oxygen atoms in total. The van der Waals surface area contributed by atoms with Crippen LogP contribution < -0.4 is 11.1 Å². The fourth-order valence-electron chi connectivity index (χ4n) is 2.02. The number of hydrogen-bond acceptors (Lipinski definition) is 3. The predicted octanol–water partition coefficient (Wildman–Crippen LogP) is 3.74. The zero-order valence-electron chi connectivity index (χ0n) is 9.87. The number of aliphatic imine (C=N–C) groups is 1. The molecule has 2 aromatic rings. The fourth-order valence-corrected chi connectivity index (χ4v) is 2.18. The summed E-state index contributed by atoms with van der Waals surface area (Å²) in [5, 5.41) is 3.98. The molecule has 0 saturated carbocycles. The minimum absolute atomic E-state index is 0.502. The molecule has 0 bridgehead atoms. The monoisotopic (exact) mass is 257 g/mol. The van der Waals surface area contributed by atoms with Gasteiger partial charge in [0.15, 0.2) is 0 Å². The Balaban J connectivity index is 2.23. The summed E-state index contributed by atoms with van der Waals surface area (Å²) in [6.45, 7) is 2.03. The third-order valence-electron chi connectivity index (χ3n) is 2.92. The Morgan fingerprint density at radius 3 is 2.72 bits per heavy atom. The number of rotatable bonds is 0. The second kappa shape index (κ2) is 4.03. The van der Waals surface area contributed by atoms with E-state index in [1.54, 1.807) is 6.07 Å². The van der Waals surface area contributed by atoms with Crippen molar-refractivity contribution in [1.29, 1.82) is 0 Å². The lowest BCUT2D eigenvalue weighted by molar-refractivity contribution is 1.43. The zero-order chi connectivity index (χ0) is 12.7. The molecule has 4 heteroatoms. The topological polar surface area (TPSA) is 50.4 Å². The molecule has 0 unspecified atom stereocenters. The van der Waals surface area contributed by atoms with Crippen LogP contribution in [0.1, 0.15) is 11.1 Å². The van der Waals surface area contributed by atoms with E-state index in [-0.39, 0.29) is 0 Å². The molecule has 0 amide bonds. The highest BCUT2D eigenvalue weighted by atomic mass is 35.5. The first-order valence-corrected chi connectivity index (χ1v) is 6.03. The predicted molar refractivity (Wildman–Crippen MR) is 76.3 cm³/mol. The van der Waals surface area contributed by atoms with E-state index in [1.165, 1.54) is 0 Å². The van der Waals surface area contributed by atoms with Crippen molar-refractivity contribution in [2.24, 2.45) is 10.7 Å².